The first kappa shape index (κ1) is 23.5. The van der Waals surface area contributed by atoms with Crippen LogP contribution in [0.4, 0.5) is 4.39 Å². The fourth-order valence-electron chi connectivity index (χ4n) is 3.42. The number of para-hydroxylation sites is 1. The molecule has 2 aromatic carbocycles. The molecule has 0 spiro atoms. The van der Waals surface area contributed by atoms with Crippen LogP contribution in [0.5, 0.6) is 11.5 Å². The molecular weight excluding hydrogens is 412 g/mol. The predicted molar refractivity (Wildman–Crippen MR) is 119 cm³/mol. The Morgan fingerprint density at radius 3 is 2.72 bits per heavy atom. The molecule has 0 saturated carbocycles. The van der Waals surface area contributed by atoms with E-state index in [1.807, 2.05) is 18.2 Å². The van der Waals surface area contributed by atoms with Crippen LogP contribution in [0.25, 0.3) is 0 Å². The number of halogens is 3. The van der Waals surface area contributed by atoms with Gasteiger partial charge in [-0.3, -0.25) is 0 Å². The third kappa shape index (κ3) is 6.91. The summed E-state index contributed by atoms with van der Waals surface area (Å²) in [6.07, 6.45) is 8.55. The minimum Gasteiger partial charge on any atom is -0.493 e. The number of hydrogen-bond donors (Lipinski definition) is 1. The van der Waals surface area contributed by atoms with Crippen LogP contribution in [0.15, 0.2) is 48.0 Å². The SMILES string of the molecule is COc1cccc(CNCCC2=CCCCC2)c1OCc1ccc(F)cc1Cl.Cl. The van der Waals surface area contributed by atoms with Gasteiger partial charge in [0.2, 0.25) is 0 Å². The highest BCUT2D eigenvalue weighted by Gasteiger charge is 2.12. The van der Waals surface area contributed by atoms with Gasteiger partial charge in [-0.1, -0.05) is 41.4 Å². The monoisotopic (exact) mass is 439 g/mol. The van der Waals surface area contributed by atoms with Gasteiger partial charge in [0.25, 0.3) is 0 Å². The molecule has 29 heavy (non-hydrogen) atoms. The van der Waals surface area contributed by atoms with Gasteiger partial charge in [0.1, 0.15) is 12.4 Å². The van der Waals surface area contributed by atoms with Gasteiger partial charge in [0, 0.05) is 17.7 Å². The molecule has 1 N–H and O–H groups in total. The van der Waals surface area contributed by atoms with Crippen molar-refractivity contribution in [3.63, 3.8) is 0 Å². The van der Waals surface area contributed by atoms with Crippen molar-refractivity contribution in [2.45, 2.75) is 45.3 Å². The molecule has 0 amide bonds. The van der Waals surface area contributed by atoms with Crippen molar-refractivity contribution in [2.75, 3.05) is 13.7 Å². The van der Waals surface area contributed by atoms with Crippen LogP contribution in [0.2, 0.25) is 5.02 Å². The Hall–Kier alpha value is -1.75. The second kappa shape index (κ2) is 12.1. The molecule has 0 bridgehead atoms. The summed E-state index contributed by atoms with van der Waals surface area (Å²) < 4.78 is 24.7. The van der Waals surface area contributed by atoms with Crippen LogP contribution in [-0.4, -0.2) is 13.7 Å². The maximum Gasteiger partial charge on any atom is 0.166 e. The summed E-state index contributed by atoms with van der Waals surface area (Å²) in [4.78, 5) is 0. The predicted octanol–water partition coefficient (Wildman–Crippen LogP) is 6.47. The van der Waals surface area contributed by atoms with Crippen molar-refractivity contribution in [1.82, 2.24) is 5.32 Å². The average molecular weight is 440 g/mol. The first-order valence-electron chi connectivity index (χ1n) is 9.78. The smallest absolute Gasteiger partial charge is 0.166 e. The van der Waals surface area contributed by atoms with Crippen LogP contribution < -0.4 is 14.8 Å². The molecule has 6 heteroatoms. The van der Waals surface area contributed by atoms with Gasteiger partial charge < -0.3 is 14.8 Å². The molecule has 0 unspecified atom stereocenters. The van der Waals surface area contributed by atoms with Crippen LogP contribution in [0.3, 0.4) is 0 Å². The number of nitrogens with one attached hydrogen (secondary N) is 1. The molecule has 0 aliphatic heterocycles. The Balaban J connectivity index is 0.00000300. The molecule has 1 aliphatic carbocycles. The summed E-state index contributed by atoms with van der Waals surface area (Å²) in [5.74, 6) is 1.01. The highest BCUT2D eigenvalue weighted by Crippen LogP contribution is 2.32. The van der Waals surface area contributed by atoms with E-state index in [0.717, 1.165) is 24.1 Å². The van der Waals surface area contributed by atoms with Gasteiger partial charge in [-0.25, -0.2) is 4.39 Å². The van der Waals surface area contributed by atoms with Gasteiger partial charge in [-0.2, -0.15) is 0 Å². The van der Waals surface area contributed by atoms with Crippen molar-refractivity contribution in [2.24, 2.45) is 0 Å². The molecule has 2 aromatic rings. The van der Waals surface area contributed by atoms with Crippen LogP contribution in [0.1, 0.15) is 43.2 Å². The summed E-state index contributed by atoms with van der Waals surface area (Å²) in [7, 11) is 1.62. The Morgan fingerprint density at radius 2 is 2.00 bits per heavy atom. The third-order valence-electron chi connectivity index (χ3n) is 4.99. The number of hydrogen-bond acceptors (Lipinski definition) is 3. The third-order valence-corrected chi connectivity index (χ3v) is 5.34. The molecule has 158 valence electrons. The molecule has 3 rings (SSSR count). The van der Waals surface area contributed by atoms with Crippen molar-refractivity contribution >= 4 is 24.0 Å². The topological polar surface area (TPSA) is 30.5 Å². The first-order chi connectivity index (χ1) is 13.7. The van der Waals surface area contributed by atoms with E-state index >= 15 is 0 Å². The molecule has 0 saturated heterocycles. The Labute approximate surface area is 183 Å². The van der Waals surface area contributed by atoms with Crippen molar-refractivity contribution in [3.8, 4) is 11.5 Å². The minimum absolute atomic E-state index is 0. The molecule has 0 heterocycles. The zero-order valence-corrected chi connectivity index (χ0v) is 18.3. The molecule has 3 nitrogen and oxygen atoms in total. The van der Waals surface area contributed by atoms with Crippen LogP contribution >= 0.6 is 24.0 Å². The minimum atomic E-state index is -0.357. The summed E-state index contributed by atoms with van der Waals surface area (Å²) >= 11 is 6.12. The molecule has 1 aliphatic rings. The average Bonchev–Trinajstić information content (AvgIpc) is 2.71. The quantitative estimate of drug-likeness (QED) is 0.358. The number of allylic oxidation sites excluding steroid dienone is 1. The summed E-state index contributed by atoms with van der Waals surface area (Å²) in [5, 5.41) is 3.86. The largest absolute Gasteiger partial charge is 0.493 e. The summed E-state index contributed by atoms with van der Waals surface area (Å²) in [6.45, 7) is 1.88. The van der Waals surface area contributed by atoms with E-state index in [9.17, 15) is 4.39 Å². The number of ether oxygens (including phenoxy) is 2. The van der Waals surface area contributed by atoms with E-state index in [4.69, 9.17) is 21.1 Å². The summed E-state index contributed by atoms with van der Waals surface area (Å²) in [6, 6.07) is 10.2. The number of rotatable bonds is 9. The molecule has 0 atom stereocenters. The molecule has 0 fully saturated rings. The highest BCUT2D eigenvalue weighted by atomic mass is 35.5. The fraction of sp³-hybridized carbons (Fsp3) is 0.391. The molecular formula is C23H28Cl2FNO2. The zero-order valence-electron chi connectivity index (χ0n) is 16.7. The van der Waals surface area contributed by atoms with Gasteiger partial charge in [-0.05, 0) is 56.8 Å². The fourth-order valence-corrected chi connectivity index (χ4v) is 3.64. The van der Waals surface area contributed by atoms with Gasteiger partial charge in [-0.15, -0.1) is 12.4 Å². The molecule has 0 radical (unpaired) electrons. The maximum atomic E-state index is 13.2. The van der Waals surface area contributed by atoms with Crippen LogP contribution in [-0.2, 0) is 13.2 Å². The first-order valence-corrected chi connectivity index (χ1v) is 10.2. The zero-order chi connectivity index (χ0) is 19.8. The maximum absolute atomic E-state index is 13.2. The van der Waals surface area contributed by atoms with Gasteiger partial charge >= 0.3 is 0 Å². The lowest BCUT2D eigenvalue weighted by Crippen LogP contribution is -2.16. The second-order valence-electron chi connectivity index (χ2n) is 7.01. The van der Waals surface area contributed by atoms with E-state index in [-0.39, 0.29) is 24.8 Å². The molecule has 0 aromatic heterocycles. The van der Waals surface area contributed by atoms with Crippen molar-refractivity contribution < 1.29 is 13.9 Å². The van der Waals surface area contributed by atoms with Crippen LogP contribution in [0, 0.1) is 5.82 Å². The normalized spacial score (nSPS) is 13.4. The summed E-state index contributed by atoms with van der Waals surface area (Å²) in [5.41, 5.74) is 3.32. The Morgan fingerprint density at radius 1 is 1.14 bits per heavy atom. The van der Waals surface area contributed by atoms with Crippen molar-refractivity contribution in [1.29, 1.82) is 0 Å². The number of methoxy groups -OCH3 is 1. The Bertz CT molecular complexity index is 827. The van der Waals surface area contributed by atoms with E-state index in [0.29, 0.717) is 23.1 Å². The number of benzene rings is 2. The Kier molecular flexibility index (Phi) is 9.79. The lowest BCUT2D eigenvalue weighted by Gasteiger charge is -2.17. The van der Waals surface area contributed by atoms with E-state index in [1.54, 1.807) is 18.7 Å². The van der Waals surface area contributed by atoms with Gasteiger partial charge in [0.05, 0.1) is 12.1 Å². The van der Waals surface area contributed by atoms with E-state index in [1.165, 1.54) is 37.8 Å². The van der Waals surface area contributed by atoms with E-state index in [2.05, 4.69) is 11.4 Å². The highest BCUT2D eigenvalue weighted by molar-refractivity contribution is 6.31. The standard InChI is InChI=1S/C23H27ClFNO2.ClH/c1-27-22-9-5-8-18(15-26-13-12-17-6-3-2-4-7-17)23(22)28-16-19-10-11-20(25)14-21(19)24;/h5-6,8-11,14,26H,2-4,7,12-13,15-16H2,1H3;1H. The van der Waals surface area contributed by atoms with Gasteiger partial charge in [0.15, 0.2) is 11.5 Å². The second-order valence-corrected chi connectivity index (χ2v) is 7.42. The van der Waals surface area contributed by atoms with E-state index < -0.39 is 0 Å². The lowest BCUT2D eigenvalue weighted by atomic mass is 9.97. The lowest BCUT2D eigenvalue weighted by molar-refractivity contribution is 0.280. The van der Waals surface area contributed by atoms with Crippen molar-refractivity contribution in [3.05, 3.63) is 70.0 Å².